The molecule has 4 saturated heterocycles. The van der Waals surface area contributed by atoms with E-state index in [1.807, 2.05) is 34.6 Å². The molecule has 3 unspecified atom stereocenters. The van der Waals surface area contributed by atoms with Crippen molar-refractivity contribution in [2.75, 3.05) is 19.8 Å². The lowest BCUT2D eigenvalue weighted by atomic mass is 9.32. The van der Waals surface area contributed by atoms with Crippen LogP contribution in [-0.4, -0.2) is 256 Å². The first-order valence-electron chi connectivity index (χ1n) is 28.4. The standard InChI is InChI=1S/C55H88O26/c1-20-29(60)32(63)35(66)46(73-20)81-43-44(74-21(2)59)55(19-58)23(16-50(43,3)4)22-10-11-27-52(7)14-13-28(51(5,6)26(52)12-15-53(27,8)54(22,9)41(69)42(55)70)77-49-40(80-48-36(67)33(64)30(61)24(17-56)75-48)38(37(68)39(79-49)45(71)72)78-47-34(65)31(62)25(18-57)76-47/h10,20,23-44,46-49,56-58,60-70H,11-19H2,1-9H3,(H,71,72)/t20-,23?,24+,25+,26?,27?,28-,29-,30-,31+,32+,33-,34-,35+,36+,37-,38-,39-,40+,41+,42-,43-,44+,46-,47+,48-,49-,52-,53+,54-,55-/m0/s1. The number of ether oxygens (including phenoxy) is 9. The number of aliphatic carboxylic acids is 1. The molecule has 4 aliphatic heterocycles. The summed E-state index contributed by atoms with van der Waals surface area (Å²) >= 11 is 0. The number of carboxylic acids is 1. The van der Waals surface area contributed by atoms with Gasteiger partial charge in [0.2, 0.25) is 0 Å². The fourth-order valence-corrected chi connectivity index (χ4v) is 17.1. The Morgan fingerprint density at radius 2 is 1.16 bits per heavy atom. The molecule has 4 saturated carbocycles. The lowest BCUT2D eigenvalue weighted by Crippen LogP contribution is -2.77. The summed E-state index contributed by atoms with van der Waals surface area (Å²) in [6.07, 6.45) is -35.0. The number of carboxylic acid groups (broad SMARTS) is 1. The Hall–Kier alpha value is -2.20. The summed E-state index contributed by atoms with van der Waals surface area (Å²) < 4.78 is 54.8. The second kappa shape index (κ2) is 22.5. The van der Waals surface area contributed by atoms with E-state index in [-0.39, 0.29) is 18.3 Å². The van der Waals surface area contributed by atoms with Gasteiger partial charge in [-0.05, 0) is 84.9 Å². The highest BCUT2D eigenvalue weighted by Crippen LogP contribution is 2.76. The molecule has 0 aromatic carbocycles. The monoisotopic (exact) mass is 1160 g/mol. The number of rotatable bonds is 13. The number of aliphatic hydroxyl groups excluding tert-OH is 14. The molecule has 31 atom stereocenters. The summed E-state index contributed by atoms with van der Waals surface area (Å²) in [6.45, 7) is 14.3. The summed E-state index contributed by atoms with van der Waals surface area (Å²) in [7, 11) is 0. The molecule has 81 heavy (non-hydrogen) atoms. The van der Waals surface area contributed by atoms with E-state index in [2.05, 4.69) is 19.9 Å². The first-order valence-corrected chi connectivity index (χ1v) is 28.4. The van der Waals surface area contributed by atoms with Crippen molar-refractivity contribution in [3.63, 3.8) is 0 Å². The summed E-state index contributed by atoms with van der Waals surface area (Å²) in [6, 6.07) is 0. The van der Waals surface area contributed by atoms with Gasteiger partial charge < -0.3 is 119 Å². The first kappa shape index (κ1) is 63.3. The number of allylic oxidation sites excluding steroid dienone is 1. The molecule has 4 heterocycles. The number of aliphatic hydroxyl groups is 14. The molecular weight excluding hydrogens is 1080 g/mol. The number of hydrogen-bond acceptors (Lipinski definition) is 25. The maximum atomic E-state index is 13.2. The van der Waals surface area contributed by atoms with Gasteiger partial charge >= 0.3 is 11.9 Å². The van der Waals surface area contributed by atoms with E-state index in [1.54, 1.807) is 0 Å². The molecule has 464 valence electrons. The zero-order valence-electron chi connectivity index (χ0n) is 47.2. The average molecular weight is 1170 g/mol. The highest BCUT2D eigenvalue weighted by Gasteiger charge is 2.76. The van der Waals surface area contributed by atoms with Gasteiger partial charge in [0.05, 0.1) is 49.7 Å². The van der Waals surface area contributed by atoms with Crippen molar-refractivity contribution in [1.82, 2.24) is 0 Å². The van der Waals surface area contributed by atoms with Gasteiger partial charge in [-0.2, -0.15) is 0 Å². The molecular formula is C55H88O26. The maximum Gasteiger partial charge on any atom is 0.335 e. The molecule has 26 nitrogen and oxygen atoms in total. The summed E-state index contributed by atoms with van der Waals surface area (Å²) in [4.78, 5) is 26.0. The molecule has 5 aliphatic carbocycles. The quantitative estimate of drug-likeness (QED) is 0.0487. The van der Waals surface area contributed by atoms with Gasteiger partial charge in [-0.15, -0.1) is 0 Å². The number of fused-ring (bicyclic) bond motifs is 7. The van der Waals surface area contributed by atoms with Crippen molar-refractivity contribution in [2.24, 2.45) is 50.2 Å². The minimum absolute atomic E-state index is 0.178. The summed E-state index contributed by atoms with van der Waals surface area (Å²) in [5, 5.41) is 166. The first-order chi connectivity index (χ1) is 37.7. The molecule has 0 aromatic heterocycles. The molecule has 9 rings (SSSR count). The van der Waals surface area contributed by atoms with E-state index in [0.29, 0.717) is 32.1 Å². The Labute approximate surface area is 469 Å². The van der Waals surface area contributed by atoms with Gasteiger partial charge in [-0.25, -0.2) is 4.79 Å². The van der Waals surface area contributed by atoms with Crippen LogP contribution in [0.25, 0.3) is 0 Å². The third-order valence-corrected chi connectivity index (χ3v) is 21.8. The molecule has 26 heteroatoms. The number of carbonyl (C=O) groups excluding carboxylic acids is 1. The van der Waals surface area contributed by atoms with Crippen LogP contribution >= 0.6 is 0 Å². The minimum atomic E-state index is -2.14. The normalized spacial score (nSPS) is 54.0. The van der Waals surface area contributed by atoms with Crippen LogP contribution < -0.4 is 0 Å². The van der Waals surface area contributed by atoms with E-state index in [9.17, 15) is 86.2 Å². The van der Waals surface area contributed by atoms with Crippen LogP contribution in [0.1, 0.15) is 101 Å². The minimum Gasteiger partial charge on any atom is -0.479 e. The van der Waals surface area contributed by atoms with Crippen LogP contribution in [0, 0.1) is 50.2 Å². The van der Waals surface area contributed by atoms with Crippen LogP contribution in [0.15, 0.2) is 11.6 Å². The summed E-state index contributed by atoms with van der Waals surface area (Å²) in [5.74, 6) is -3.50. The Morgan fingerprint density at radius 1 is 0.605 bits per heavy atom. The molecule has 0 aromatic rings. The van der Waals surface area contributed by atoms with Gasteiger partial charge in [-0.1, -0.05) is 60.1 Å². The zero-order chi connectivity index (χ0) is 59.8. The second-order valence-corrected chi connectivity index (χ2v) is 26.7. The Kier molecular flexibility index (Phi) is 17.6. The molecule has 0 spiro atoms. The highest BCUT2D eigenvalue weighted by molar-refractivity contribution is 5.73. The van der Waals surface area contributed by atoms with Crippen LogP contribution in [0.3, 0.4) is 0 Å². The van der Waals surface area contributed by atoms with Crippen molar-refractivity contribution in [3.05, 3.63) is 11.6 Å². The van der Waals surface area contributed by atoms with Crippen molar-refractivity contribution in [1.29, 1.82) is 0 Å². The van der Waals surface area contributed by atoms with Crippen molar-refractivity contribution < 1.29 is 129 Å². The number of hydrogen-bond donors (Lipinski definition) is 15. The van der Waals surface area contributed by atoms with Gasteiger partial charge in [0.15, 0.2) is 31.3 Å². The second-order valence-electron chi connectivity index (χ2n) is 26.7. The van der Waals surface area contributed by atoms with E-state index in [1.165, 1.54) is 13.8 Å². The predicted octanol–water partition coefficient (Wildman–Crippen LogP) is -3.35. The highest BCUT2D eigenvalue weighted by atomic mass is 16.8. The van der Waals surface area contributed by atoms with E-state index < -0.39 is 217 Å². The van der Waals surface area contributed by atoms with Gasteiger partial charge in [-0.3, -0.25) is 4.79 Å². The number of carbonyl (C=O) groups is 2. The molecule has 0 radical (unpaired) electrons. The van der Waals surface area contributed by atoms with Crippen LogP contribution in [0.5, 0.6) is 0 Å². The van der Waals surface area contributed by atoms with Crippen molar-refractivity contribution >= 4 is 11.9 Å². The third kappa shape index (κ3) is 9.78. The molecule has 0 bridgehead atoms. The smallest absolute Gasteiger partial charge is 0.335 e. The lowest BCUT2D eigenvalue weighted by Gasteiger charge is -2.73. The predicted molar refractivity (Wildman–Crippen MR) is 271 cm³/mol. The fraction of sp³-hybridized carbons (Fsp3) is 0.927. The zero-order valence-corrected chi connectivity index (χ0v) is 47.2. The van der Waals surface area contributed by atoms with Crippen molar-refractivity contribution in [2.45, 2.75) is 248 Å². The number of esters is 1. The molecule has 8 fully saturated rings. The van der Waals surface area contributed by atoms with Crippen LogP contribution in [0.4, 0.5) is 0 Å². The largest absolute Gasteiger partial charge is 0.479 e. The van der Waals surface area contributed by atoms with Crippen LogP contribution in [0.2, 0.25) is 0 Å². The van der Waals surface area contributed by atoms with E-state index >= 15 is 0 Å². The molecule has 0 amide bonds. The Morgan fingerprint density at radius 3 is 1.73 bits per heavy atom. The van der Waals surface area contributed by atoms with E-state index in [4.69, 9.17) is 42.6 Å². The van der Waals surface area contributed by atoms with E-state index in [0.717, 1.165) is 5.57 Å². The fourth-order valence-electron chi connectivity index (χ4n) is 17.1. The Balaban J connectivity index is 1.03. The van der Waals surface area contributed by atoms with Gasteiger partial charge in [0, 0.05) is 12.3 Å². The lowest BCUT2D eigenvalue weighted by molar-refractivity contribution is -0.386. The van der Waals surface area contributed by atoms with Gasteiger partial charge in [0.1, 0.15) is 91.6 Å². The molecule has 15 N–H and O–H groups in total. The summed E-state index contributed by atoms with van der Waals surface area (Å²) in [5.41, 5.74) is -5.22. The maximum absolute atomic E-state index is 13.2. The average Bonchev–Trinajstić information content (AvgIpc) is 2.20. The Bertz CT molecular complexity index is 2300. The van der Waals surface area contributed by atoms with Crippen LogP contribution in [-0.2, 0) is 52.2 Å². The SMILES string of the molecule is CC(=O)O[C@@H]1[C@H](O[C@@H]2O[C@@H](C)[C@H](O)[C@@H](O)[C@H]2O)C(C)(C)CC2C3=CCC4[C@@]5(C)CC[C@H](O[C@H]6O[C@H](C(=O)O)[C@@H](O)[C@H](O[C@H]7O[C@H](CO)[C@@H](O)[C@@H]7O)[C@H]6O[C@@H]6O[C@H](CO)[C@H](O)[C@H](O)[C@H]6O)C(C)(C)C5CC[C@@]4(C)[C@]3(C)[C@H](O)[C@H](O)[C@]21CO. The van der Waals surface area contributed by atoms with Crippen molar-refractivity contribution in [3.8, 4) is 0 Å². The topological polar surface area (TPSA) is 421 Å². The van der Waals surface area contributed by atoms with Gasteiger partial charge in [0.25, 0.3) is 0 Å². The molecule has 9 aliphatic rings. The third-order valence-electron chi connectivity index (χ3n) is 21.8.